The highest BCUT2D eigenvalue weighted by atomic mass is 16.5. The zero-order valence-electron chi connectivity index (χ0n) is 23.9. The average Bonchev–Trinajstić information content (AvgIpc) is 3.44. The van der Waals surface area contributed by atoms with Crippen LogP contribution >= 0.6 is 0 Å². The number of carbonyl (C=O) groups is 1. The fourth-order valence-corrected chi connectivity index (χ4v) is 4.50. The van der Waals surface area contributed by atoms with E-state index in [-0.39, 0.29) is 11.6 Å². The predicted molar refractivity (Wildman–Crippen MR) is 154 cm³/mol. The van der Waals surface area contributed by atoms with Crippen molar-refractivity contribution in [3.05, 3.63) is 59.8 Å². The molecule has 1 aliphatic heterocycles. The van der Waals surface area contributed by atoms with Gasteiger partial charge >= 0.3 is 0 Å². The van der Waals surface area contributed by atoms with Crippen molar-refractivity contribution in [3.8, 4) is 0 Å². The smallest absolute Gasteiger partial charge is 0.293 e. The van der Waals surface area contributed by atoms with Crippen LogP contribution in [0.1, 0.15) is 71.0 Å². The molecule has 5 heterocycles. The number of pyridine rings is 1. The molecular weight excluding hydrogens is 478 g/mol. The van der Waals surface area contributed by atoms with Crippen LogP contribution in [0.5, 0.6) is 0 Å². The molecule has 1 aliphatic rings. The summed E-state index contributed by atoms with van der Waals surface area (Å²) in [5.41, 5.74) is 12.5. The number of nitrogens with two attached hydrogens (primary N) is 1. The molecule has 0 bridgehead atoms. The van der Waals surface area contributed by atoms with Crippen LogP contribution in [-0.4, -0.2) is 61.3 Å². The number of ether oxygens (including phenoxy) is 1. The van der Waals surface area contributed by atoms with Crippen molar-refractivity contribution >= 4 is 34.4 Å². The first-order chi connectivity index (χ1) is 18.1. The van der Waals surface area contributed by atoms with Crippen molar-refractivity contribution in [1.82, 2.24) is 29.0 Å². The van der Waals surface area contributed by atoms with Gasteiger partial charge in [0.05, 0.1) is 22.8 Å². The maximum atomic E-state index is 9.60. The minimum Gasteiger partial charge on any atom is -0.462 e. The van der Waals surface area contributed by atoms with E-state index >= 15 is 0 Å². The number of anilines is 1. The molecule has 0 fully saturated rings. The fourth-order valence-electron chi connectivity index (χ4n) is 4.50. The van der Waals surface area contributed by atoms with Crippen LogP contribution in [0.15, 0.2) is 42.9 Å². The highest BCUT2D eigenvalue weighted by Gasteiger charge is 2.24. The summed E-state index contributed by atoms with van der Waals surface area (Å²) < 4.78 is 8.83. The van der Waals surface area contributed by atoms with Gasteiger partial charge in [0.15, 0.2) is 5.65 Å². The second-order valence-electron chi connectivity index (χ2n) is 10.2. The minimum atomic E-state index is -0.318. The summed E-state index contributed by atoms with van der Waals surface area (Å²) in [6, 6.07) is 8.60. The van der Waals surface area contributed by atoms with Crippen molar-refractivity contribution in [2.75, 3.05) is 25.9 Å². The SMILES string of the molecule is CC.CC(C)(C)OC=O.Cc1nn(C(C)c2cc3ccccn3c2C2=CCN(C)CC2)c2ncnc(N)c12. The second kappa shape index (κ2) is 12.2. The van der Waals surface area contributed by atoms with Gasteiger partial charge in [-0.25, -0.2) is 14.6 Å². The van der Waals surface area contributed by atoms with Crippen LogP contribution in [0.3, 0.4) is 0 Å². The molecule has 0 saturated carbocycles. The van der Waals surface area contributed by atoms with E-state index in [4.69, 9.17) is 10.8 Å². The molecule has 1 atom stereocenters. The number of rotatable bonds is 4. The molecule has 0 radical (unpaired) electrons. The molecule has 0 amide bonds. The summed E-state index contributed by atoms with van der Waals surface area (Å²) in [7, 11) is 2.16. The largest absolute Gasteiger partial charge is 0.462 e. The summed E-state index contributed by atoms with van der Waals surface area (Å²) in [5.74, 6) is 0.478. The van der Waals surface area contributed by atoms with Gasteiger partial charge in [-0.3, -0.25) is 4.79 Å². The lowest BCUT2D eigenvalue weighted by Gasteiger charge is -2.24. The van der Waals surface area contributed by atoms with Gasteiger partial charge in [0.1, 0.15) is 17.7 Å². The first-order valence-electron chi connectivity index (χ1n) is 13.2. The molecule has 2 N–H and O–H groups in total. The predicted octanol–water partition coefficient (Wildman–Crippen LogP) is 5.28. The van der Waals surface area contributed by atoms with Crippen LogP contribution in [0.25, 0.3) is 22.1 Å². The number of aryl methyl sites for hydroxylation is 1. The molecule has 1 unspecified atom stereocenters. The zero-order valence-corrected chi connectivity index (χ0v) is 23.9. The van der Waals surface area contributed by atoms with Crippen molar-refractivity contribution < 1.29 is 9.53 Å². The molecule has 0 aromatic carbocycles. The maximum Gasteiger partial charge on any atom is 0.293 e. The zero-order chi connectivity index (χ0) is 28.0. The number of carbonyl (C=O) groups excluding carboxylic acids is 1. The molecule has 0 spiro atoms. The van der Waals surface area contributed by atoms with Crippen molar-refractivity contribution in [2.24, 2.45) is 0 Å². The number of likely N-dealkylation sites (N-methyl/N-ethyl adjacent to an activating group) is 1. The fraction of sp³-hybridized carbons (Fsp3) is 0.448. The third kappa shape index (κ3) is 6.22. The summed E-state index contributed by atoms with van der Waals surface area (Å²) in [6.07, 6.45) is 7.04. The molecule has 4 aromatic heterocycles. The van der Waals surface area contributed by atoms with Gasteiger partial charge < -0.3 is 19.8 Å². The highest BCUT2D eigenvalue weighted by molar-refractivity contribution is 5.88. The second-order valence-corrected chi connectivity index (χ2v) is 10.2. The molecule has 9 nitrogen and oxygen atoms in total. The average molecular weight is 520 g/mol. The van der Waals surface area contributed by atoms with Gasteiger partial charge in [-0.2, -0.15) is 5.10 Å². The van der Waals surface area contributed by atoms with Gasteiger partial charge in [0.25, 0.3) is 6.47 Å². The molecule has 5 rings (SSSR count). The van der Waals surface area contributed by atoms with E-state index in [1.165, 1.54) is 28.7 Å². The van der Waals surface area contributed by atoms with Gasteiger partial charge in [-0.05, 0) is 71.9 Å². The number of nitrogens with zero attached hydrogens (tertiary/aromatic N) is 6. The van der Waals surface area contributed by atoms with Crippen molar-refractivity contribution in [3.63, 3.8) is 0 Å². The quantitative estimate of drug-likeness (QED) is 0.366. The molecule has 204 valence electrons. The lowest BCUT2D eigenvalue weighted by atomic mass is 9.98. The molecule has 38 heavy (non-hydrogen) atoms. The lowest BCUT2D eigenvalue weighted by Crippen LogP contribution is -2.24. The Hall–Kier alpha value is -3.72. The standard InChI is InChI=1S/C22H25N7.C5H10O2.C2H6/c1-14-19-21(23)24-13-25-22(19)29(26-14)15(2)18-12-17-6-4-5-9-28(17)20(18)16-7-10-27(3)11-8-16;1-5(2,3)7-4-6;1-2/h4-7,9,12-13,15H,8,10-11H2,1-3H3,(H2,23,24,25);4H,1-3H3;1-2H3. The van der Waals surface area contributed by atoms with E-state index < -0.39 is 0 Å². The number of aromatic nitrogens is 5. The summed E-state index contributed by atoms with van der Waals surface area (Å²) in [6.45, 7) is 16.1. The van der Waals surface area contributed by atoms with E-state index in [2.05, 4.69) is 74.5 Å². The summed E-state index contributed by atoms with van der Waals surface area (Å²) >= 11 is 0. The van der Waals surface area contributed by atoms with Crippen LogP contribution in [0, 0.1) is 6.92 Å². The number of hydrogen-bond donors (Lipinski definition) is 1. The monoisotopic (exact) mass is 519 g/mol. The first kappa shape index (κ1) is 28.8. The molecule has 0 aliphatic carbocycles. The summed E-state index contributed by atoms with van der Waals surface area (Å²) in [5, 5.41) is 5.63. The van der Waals surface area contributed by atoms with E-state index in [0.29, 0.717) is 12.3 Å². The van der Waals surface area contributed by atoms with E-state index in [1.54, 1.807) is 0 Å². The summed E-state index contributed by atoms with van der Waals surface area (Å²) in [4.78, 5) is 20.6. The third-order valence-electron chi connectivity index (χ3n) is 6.34. The third-order valence-corrected chi connectivity index (χ3v) is 6.34. The molecule has 4 aromatic rings. The Morgan fingerprint density at radius 1 is 1.18 bits per heavy atom. The number of fused-ring (bicyclic) bond motifs is 2. The first-order valence-corrected chi connectivity index (χ1v) is 13.2. The number of hydrogen-bond acceptors (Lipinski definition) is 7. The van der Waals surface area contributed by atoms with Gasteiger partial charge in [0.2, 0.25) is 0 Å². The Labute approximate surface area is 225 Å². The van der Waals surface area contributed by atoms with Gasteiger partial charge in [-0.1, -0.05) is 26.0 Å². The van der Waals surface area contributed by atoms with Crippen LogP contribution in [0.4, 0.5) is 5.82 Å². The molecule has 0 saturated heterocycles. The lowest BCUT2D eigenvalue weighted by molar-refractivity contribution is -0.138. The maximum absolute atomic E-state index is 9.60. The van der Waals surface area contributed by atoms with Gasteiger partial charge in [-0.15, -0.1) is 0 Å². The topological polar surface area (TPSA) is 104 Å². The minimum absolute atomic E-state index is 0.0101. The Kier molecular flexibility index (Phi) is 9.27. The van der Waals surface area contributed by atoms with E-state index in [1.807, 2.05) is 46.2 Å². The van der Waals surface area contributed by atoms with Crippen LogP contribution in [-0.2, 0) is 9.53 Å². The Bertz CT molecular complexity index is 1410. The number of nitrogen functional groups attached to an aromatic ring is 1. The Morgan fingerprint density at radius 3 is 2.53 bits per heavy atom. The van der Waals surface area contributed by atoms with E-state index in [9.17, 15) is 4.79 Å². The van der Waals surface area contributed by atoms with Crippen molar-refractivity contribution in [1.29, 1.82) is 0 Å². The van der Waals surface area contributed by atoms with Crippen molar-refractivity contribution in [2.45, 2.75) is 66.5 Å². The molecule has 9 heteroatoms. The van der Waals surface area contributed by atoms with Crippen LogP contribution < -0.4 is 5.73 Å². The molecular formula is C29H41N7O2. The van der Waals surface area contributed by atoms with Gasteiger partial charge in [0, 0.05) is 30.4 Å². The highest BCUT2D eigenvalue weighted by Crippen LogP contribution is 2.35. The Morgan fingerprint density at radius 2 is 1.92 bits per heavy atom. The van der Waals surface area contributed by atoms with E-state index in [0.717, 1.165) is 36.2 Å². The Balaban J connectivity index is 0.000000389. The van der Waals surface area contributed by atoms with Crippen LogP contribution in [0.2, 0.25) is 0 Å². The normalized spacial score (nSPS) is 14.7.